The minimum atomic E-state index is -0.665. The maximum absolute atomic E-state index is 5.89. The summed E-state index contributed by atoms with van der Waals surface area (Å²) in [6.07, 6.45) is 0. The van der Waals surface area contributed by atoms with Crippen LogP contribution in [0, 0.1) is 90.0 Å². The van der Waals surface area contributed by atoms with E-state index < -0.39 is 79.4 Å². The molecular weight excluding hydrogens is 1490 g/mol. The number of para-hydroxylation sites is 6. The molecule has 16 aromatic rings. The summed E-state index contributed by atoms with van der Waals surface area (Å²) in [7, 11) is 0. The normalized spacial score (nSPS) is 10.5. The lowest BCUT2D eigenvalue weighted by Gasteiger charge is -2.14. The molecule has 20 heteroatoms. The molecule has 0 amide bonds. The average molecular weight is 1580 g/mol. The van der Waals surface area contributed by atoms with Crippen LogP contribution in [0.3, 0.4) is 0 Å². The third kappa shape index (κ3) is 23.2. The Morgan fingerprint density at radius 3 is 0.921 bits per heavy atom. The maximum atomic E-state index is 5.89. The molecule has 0 N–H and O–H groups in total. The van der Waals surface area contributed by atoms with Gasteiger partial charge in [-0.05, 0) is 249 Å². The highest BCUT2D eigenvalue weighted by atomic mass is 27.2. The van der Waals surface area contributed by atoms with E-state index in [2.05, 4.69) is 139 Å². The Morgan fingerprint density at radius 1 is 0.202 bits per heavy atom. The monoisotopic (exact) mass is 1580 g/mol. The van der Waals surface area contributed by atoms with Crippen LogP contribution in [0.1, 0.15) is 73.0 Å². The van der Waals surface area contributed by atoms with Crippen molar-refractivity contribution in [3.63, 3.8) is 0 Å². The molecule has 0 aliphatic carbocycles. The van der Waals surface area contributed by atoms with Gasteiger partial charge < -0.3 is 37.9 Å². The number of rotatable bonds is 21. The standard InChI is InChI=1S/C12H10O.5C10H9NO.4C8H10O.5Al/c13-12-8-6-11(7-9-12)10-4-2-1-3-5-10;5*1-7-5-6-8-3-2-4-9(12)10(8)11-7;1-6-3-7(2)5-8(9)4-6;1-6-3-4-8(9)5-7(6)2;1-6-4-3-5-8(9)7(6)2;1-6-4-3-5-7(2)8(6)9;;;;;/h1-9,13H;5*2-6,12H,1H3;4*3-5,9H,1-2H3;;;;;/q;;;;;;;;;;5*+2/p-10. The number of hydrogen-bond donors (Lipinski definition) is 0. The molecule has 11 aromatic carbocycles. The summed E-state index contributed by atoms with van der Waals surface area (Å²) >= 11 is -3.19. The van der Waals surface area contributed by atoms with Crippen molar-refractivity contribution in [3.8, 4) is 68.6 Å². The molecule has 16 rings (SSSR count). The predicted octanol–water partition coefficient (Wildman–Crippen LogP) is 21.8. The van der Waals surface area contributed by atoms with Gasteiger partial charge in [-0.3, -0.25) is 0 Å². The highest BCUT2D eigenvalue weighted by Gasteiger charge is 2.17. The summed E-state index contributed by atoms with van der Waals surface area (Å²) in [5.41, 5.74) is 21.2. The van der Waals surface area contributed by atoms with Gasteiger partial charge in [0.25, 0.3) is 0 Å². The molecule has 0 fully saturated rings. The van der Waals surface area contributed by atoms with Crippen molar-refractivity contribution in [3.05, 3.63) is 352 Å². The number of fused-ring (bicyclic) bond motifs is 5. The molecule has 0 aliphatic heterocycles. The molecule has 0 aliphatic rings. The Labute approximate surface area is 701 Å². The topological polar surface area (TPSA) is 157 Å². The van der Waals surface area contributed by atoms with Gasteiger partial charge in [0.2, 0.25) is 0 Å². The van der Waals surface area contributed by atoms with Crippen molar-refractivity contribution < 1.29 is 37.9 Å². The highest BCUT2D eigenvalue weighted by Crippen LogP contribution is 2.32. The highest BCUT2D eigenvalue weighted by molar-refractivity contribution is 6.23. The average Bonchev–Trinajstić information content (AvgIpc) is 0.832. The number of nitrogens with zero attached hydrogens (tertiary/aromatic N) is 5. The van der Waals surface area contributed by atoms with Gasteiger partial charge in [-0.25, -0.2) is 24.9 Å². The number of pyridine rings is 5. The first-order chi connectivity index (χ1) is 55.3. The zero-order valence-corrected chi connectivity index (χ0v) is 72.0. The van der Waals surface area contributed by atoms with Crippen molar-refractivity contribution in [2.75, 3.05) is 0 Å². The van der Waals surface area contributed by atoms with Gasteiger partial charge in [-0.1, -0.05) is 176 Å². The van der Waals surface area contributed by atoms with Crippen LogP contribution < -0.4 is 37.9 Å². The van der Waals surface area contributed by atoms with E-state index in [-0.39, 0.29) is 0 Å². The molecule has 0 saturated carbocycles. The van der Waals surface area contributed by atoms with Crippen LogP contribution >= 0.6 is 0 Å². The largest absolute Gasteiger partial charge is 0.881 e. The fourth-order valence-electron chi connectivity index (χ4n) is 12.2. The van der Waals surface area contributed by atoms with Crippen molar-refractivity contribution >= 4 is 134 Å². The van der Waals surface area contributed by atoms with Gasteiger partial charge >= 0.3 is 79.4 Å². The van der Waals surface area contributed by atoms with Crippen molar-refractivity contribution in [2.45, 2.75) is 90.0 Å². The van der Waals surface area contributed by atoms with Crippen molar-refractivity contribution in [1.82, 2.24) is 24.9 Å². The first kappa shape index (κ1) is 82.6. The molecule has 0 saturated heterocycles. The van der Waals surface area contributed by atoms with Crippen molar-refractivity contribution in [1.29, 1.82) is 0 Å². The van der Waals surface area contributed by atoms with Gasteiger partial charge in [-0.2, -0.15) is 0 Å². The Morgan fingerprint density at radius 2 is 0.518 bits per heavy atom. The zero-order valence-electron chi connectivity index (χ0n) is 66.3. The Hall–Kier alpha value is -10.9. The first-order valence-electron chi connectivity index (χ1n) is 37.3. The maximum Gasteiger partial charge on any atom is 0.881 e. The second-order valence-electron chi connectivity index (χ2n) is 27.4. The number of aryl methyl sites for hydroxylation is 12. The molecule has 0 unspecified atom stereocenters. The van der Waals surface area contributed by atoms with Crippen LogP contribution in [0.4, 0.5) is 0 Å². The summed E-state index contributed by atoms with van der Waals surface area (Å²) in [6.45, 7) is 26.4. The van der Waals surface area contributed by atoms with E-state index in [0.717, 1.165) is 157 Å². The number of aromatic nitrogens is 5. The summed E-state index contributed by atoms with van der Waals surface area (Å²) in [5.74, 6) is 8.20. The summed E-state index contributed by atoms with van der Waals surface area (Å²) in [5, 5.41) is 5.38. The van der Waals surface area contributed by atoms with E-state index in [1.165, 1.54) is 38.9 Å². The Bertz CT molecular complexity index is 5930. The second kappa shape index (κ2) is 40.7. The first-order valence-corrected chi connectivity index (χ1v) is 42.1. The number of hydrogen-bond acceptors (Lipinski definition) is 15. The molecule has 15 nitrogen and oxygen atoms in total. The van der Waals surface area contributed by atoms with E-state index in [9.17, 15) is 0 Å². The lowest BCUT2D eigenvalue weighted by atomic mass is 10.1. The van der Waals surface area contributed by atoms with E-state index in [4.69, 9.17) is 37.9 Å². The molecule has 0 atom stereocenters. The summed E-state index contributed by atoms with van der Waals surface area (Å²) < 4.78 is 58.4. The molecule has 0 spiro atoms. The third-order valence-corrected chi connectivity index (χ3v) is 22.0. The van der Waals surface area contributed by atoms with Gasteiger partial charge in [0.1, 0.15) is 56.3 Å². The lowest BCUT2D eigenvalue weighted by molar-refractivity contribution is 0.457. The van der Waals surface area contributed by atoms with Crippen LogP contribution in [0.15, 0.2) is 279 Å². The van der Waals surface area contributed by atoms with Crippen LogP contribution in [0.5, 0.6) is 57.5 Å². The fourth-order valence-corrected chi connectivity index (χ4v) is 15.5. The van der Waals surface area contributed by atoms with E-state index >= 15 is 0 Å². The van der Waals surface area contributed by atoms with Gasteiger partial charge in [0, 0.05) is 55.4 Å². The lowest BCUT2D eigenvalue weighted by Crippen LogP contribution is -2.12. The zero-order chi connectivity index (χ0) is 79.9. The molecule has 5 aromatic heterocycles. The molecule has 114 heavy (non-hydrogen) atoms. The minimum absolute atomic E-state index is 0.627. The van der Waals surface area contributed by atoms with Gasteiger partial charge in [0.05, 0.1) is 28.7 Å². The molecule has 561 valence electrons. The third-order valence-electron chi connectivity index (χ3n) is 18.5. The molecule has 5 radical (unpaired) electrons. The SMILES string of the molecule is Cc1cc(C)cc([O][Al][O]c2cccc3ccc(C)nc23)c1.Cc1ccc2cccc([O][Al][O]c3c(C)cccc3C)c2n1.Cc1ccc2cccc([O][Al][O]c3ccc(-c4ccccc4)cc3)c2n1.Cc1ccc2cccc([O][Al][O]c3ccc(C)c(C)c3)c2n1.Cc1ccc2cccc([O][Al][O]c3cccc(C)c3C)c2n1. The van der Waals surface area contributed by atoms with E-state index in [0.29, 0.717) is 0 Å². The van der Waals surface area contributed by atoms with Crippen molar-refractivity contribution in [2.24, 2.45) is 0 Å². The summed E-state index contributed by atoms with van der Waals surface area (Å²) in [6, 6.07) is 92.9. The fraction of sp³-hybridized carbons (Fsp3) is 0.138. The molecule has 5 heterocycles. The van der Waals surface area contributed by atoms with Crippen LogP contribution in [0.25, 0.3) is 65.6 Å². The van der Waals surface area contributed by atoms with E-state index in [1.807, 2.05) is 255 Å². The molecule has 0 bridgehead atoms. The Kier molecular flexibility index (Phi) is 29.5. The van der Waals surface area contributed by atoms with Crippen LogP contribution in [-0.2, 0) is 0 Å². The van der Waals surface area contributed by atoms with Gasteiger partial charge in [0.15, 0.2) is 0 Å². The van der Waals surface area contributed by atoms with Crippen LogP contribution in [0.2, 0.25) is 0 Å². The second-order valence-corrected chi connectivity index (χ2v) is 30.8. The quantitative estimate of drug-likeness (QED) is 0.0626. The number of benzene rings is 11. The minimum Gasteiger partial charge on any atom is -0.616 e. The molecular formula is C94H85Al5N5O10. The van der Waals surface area contributed by atoms with E-state index in [1.54, 1.807) is 0 Å². The van der Waals surface area contributed by atoms with Gasteiger partial charge in [-0.15, -0.1) is 0 Å². The predicted molar refractivity (Wildman–Crippen MR) is 463 cm³/mol. The smallest absolute Gasteiger partial charge is 0.616 e. The Balaban J connectivity index is 0.000000132. The summed E-state index contributed by atoms with van der Waals surface area (Å²) in [4.78, 5) is 22.8. The van der Waals surface area contributed by atoms with Crippen LogP contribution in [-0.4, -0.2) is 104 Å².